The maximum absolute atomic E-state index is 15.0. The minimum Gasteiger partial charge on any atom is -0.479 e. The number of hydrogen-bond donors (Lipinski definition) is 13. The number of methoxy groups -OCH3 is 2. The molecule has 4 saturated heterocycles. The number of nitrogens with one attached hydrogen (secondary N) is 5. The Morgan fingerprint density at radius 1 is 0.694 bits per heavy atom. The first-order valence-electron chi connectivity index (χ1n) is 36.8. The van der Waals surface area contributed by atoms with Gasteiger partial charge >= 0.3 is 12.1 Å². The molecule has 0 radical (unpaired) electrons. The molecule has 4 aliphatic rings. The molecule has 35 nitrogen and oxygen atoms in total. The Hall–Kier alpha value is -7.91. The zero-order valence-electron chi connectivity index (χ0n) is 64.5. The molecule has 0 aliphatic carbocycles. The lowest BCUT2D eigenvalue weighted by atomic mass is 9.89. The smallest absolute Gasteiger partial charge is 0.410 e. The Balaban J connectivity index is 1.08. The summed E-state index contributed by atoms with van der Waals surface area (Å²) < 4.78 is 48.2. The van der Waals surface area contributed by atoms with E-state index in [-0.39, 0.29) is 30.5 Å². The fourth-order valence-corrected chi connectivity index (χ4v) is 13.8. The first-order valence-corrected chi connectivity index (χ1v) is 36.3. The van der Waals surface area contributed by atoms with E-state index in [9.17, 15) is 93.6 Å². The van der Waals surface area contributed by atoms with E-state index < -0.39 is 238 Å². The van der Waals surface area contributed by atoms with Gasteiger partial charge in [-0.25, -0.2) is 9.59 Å². The number of anilines is 1. The molecule has 0 spiro atoms. The number of imide groups is 1. The van der Waals surface area contributed by atoms with Crippen molar-refractivity contribution in [2.75, 3.05) is 59.9 Å². The predicted octanol–water partition coefficient (Wildman–Crippen LogP) is -0.975. The van der Waals surface area contributed by atoms with Crippen molar-refractivity contribution in [3.8, 4) is 0 Å². The number of aliphatic hydroxyl groups is 7. The molecule has 108 heavy (non-hydrogen) atoms. The van der Waals surface area contributed by atoms with Crippen LogP contribution in [0.3, 0.4) is 0 Å². The number of carboxylic acid groups (broad SMARTS) is 1. The zero-order chi connectivity index (χ0) is 81.3. The number of carbonyl (C=O) groups excluding carboxylic acids is 10. The van der Waals surface area contributed by atoms with Gasteiger partial charge in [0.1, 0.15) is 86.2 Å². The van der Waals surface area contributed by atoms with Crippen LogP contribution in [0.5, 0.6) is 0 Å². The van der Waals surface area contributed by atoms with Crippen LogP contribution in [0.1, 0.15) is 126 Å². The van der Waals surface area contributed by atoms with E-state index >= 15 is 0 Å². The molecule has 35 heteroatoms. The number of aliphatic carboxylic acids is 1. The van der Waals surface area contributed by atoms with Crippen LogP contribution in [0.4, 0.5) is 10.5 Å². The molecular weight excluding hydrogens is 1420 g/mol. The number of nitrogens with zero attached hydrogens (tertiary/aromatic N) is 4. The van der Waals surface area contributed by atoms with Gasteiger partial charge in [0.15, 0.2) is 18.7 Å². The molecule has 0 saturated carbocycles. The highest BCUT2D eigenvalue weighted by molar-refractivity contribution is 6.05. The third-order valence-corrected chi connectivity index (χ3v) is 20.2. The summed E-state index contributed by atoms with van der Waals surface area (Å²) in [5, 5.41) is 95.9. The van der Waals surface area contributed by atoms with E-state index in [0.717, 1.165) is 4.90 Å². The van der Waals surface area contributed by atoms with Crippen molar-refractivity contribution in [2.24, 2.45) is 29.6 Å². The second-order valence-corrected chi connectivity index (χ2v) is 29.0. The molecule has 1 unspecified atom stereocenters. The van der Waals surface area contributed by atoms with Crippen molar-refractivity contribution in [2.45, 2.75) is 236 Å². The van der Waals surface area contributed by atoms with Crippen LogP contribution in [0, 0.1) is 29.6 Å². The molecule has 604 valence electrons. The standard InChI is InChI=1S/C73H111N9O26/c1-15-38(8)55(46(102-13)30-51(87)81-29-19-22-45(81)62(103-14)39(9)65(94)74-40(10)63(42-20-17-16-18-21-42)107-72-61(93)58(90)59(91)64(108-72)70(99)100)79(11)69(98)53(36(4)5)78-68(97)54(37(6)7)80(12)73(101)105-33-41-23-25-43(26-24-41)75-66(95)44(34-104-71-60(92)57(89)56(88)47(32-83)106-71)76-67(96)52(35(2)3)77-48(84)31-82-49(85)27-28-50(82)86/h16-18,20-21,23-26,35-40,44-47,52-64,71-72,83,88-93H,15,19,22,27-34H2,1-14H3,(H,74,94)(H,75,95)(H,76,96)(H,77,84)(H,78,97)(H,99,100)/t38-,39+,40+,44-,45-,46+,47+,52-,53-,54-,55-,56+,57-,58-,59-,60+,61+,62+,63+,64-,71+,72+/m0/s1/i27T/t27?,38-,39+,40+,44-,45-,46+,47+,52-,53-,54-,55-,56+,57-,58-,59-,60+,61+,62+,63+,64-,71+,72+. The Labute approximate surface area is 629 Å². The molecule has 6 rings (SSSR count). The maximum Gasteiger partial charge on any atom is 0.410 e. The van der Waals surface area contributed by atoms with Crippen molar-refractivity contribution < 1.29 is 128 Å². The van der Waals surface area contributed by atoms with Crippen LogP contribution >= 0.6 is 0 Å². The van der Waals surface area contributed by atoms with Crippen molar-refractivity contribution in [1.29, 1.82) is 0 Å². The predicted molar refractivity (Wildman–Crippen MR) is 381 cm³/mol. The quantitative estimate of drug-likeness (QED) is 0.0362. The summed E-state index contributed by atoms with van der Waals surface area (Å²) in [6.07, 6.45) is -22.3. The summed E-state index contributed by atoms with van der Waals surface area (Å²) in [5.41, 5.74) is 1.02. The Morgan fingerprint density at radius 3 is 1.89 bits per heavy atom. The highest BCUT2D eigenvalue weighted by Gasteiger charge is 2.51. The Bertz CT molecular complexity index is 3420. The van der Waals surface area contributed by atoms with Gasteiger partial charge in [0.05, 0.1) is 55.9 Å². The average Bonchev–Trinajstić information content (AvgIpc) is 1.63. The SMILES string of the molecule is [3H]C1CC(=O)N(CC(=O)N[C@H](C(=O)N[C@@H](CO[C@@H]2O[C@H](CO)[C@@H](O)[C@H](O)[C@H]2O)C(=O)Nc2ccc(COC(=O)N(C)[C@H](C(=O)N[C@H](C(=O)N(C)[C@@H]([C@@H](C)CC)[C@@H](CC(=O)N3CCC[C@H]3[C@H](OC)[C@@H](C)C(=O)N[C@H](C)[C@@H](O[C@@H]3O[C@H](C(=O)O)[C@@H](O)[C@H](O)[C@H]3O)c3ccccc3)OC)C(C)C)C(C)C)cc2)C(C)C)C1=O. The summed E-state index contributed by atoms with van der Waals surface area (Å²) in [4.78, 5) is 155. The summed E-state index contributed by atoms with van der Waals surface area (Å²) in [7, 11) is 5.80. The van der Waals surface area contributed by atoms with Gasteiger partial charge in [0.2, 0.25) is 53.2 Å². The number of likely N-dealkylation sites (tertiary alicyclic amines) is 2. The summed E-state index contributed by atoms with van der Waals surface area (Å²) in [5.74, 6) is -11.0. The number of rotatable bonds is 37. The number of carboxylic acids is 1. The van der Waals surface area contributed by atoms with Gasteiger partial charge in [-0.1, -0.05) is 111 Å². The molecule has 4 fully saturated rings. The van der Waals surface area contributed by atoms with E-state index in [0.29, 0.717) is 41.8 Å². The first kappa shape index (κ1) is 87.3. The Morgan fingerprint density at radius 2 is 1.32 bits per heavy atom. The fraction of sp³-hybridized carbons (Fsp3) is 0.685. The van der Waals surface area contributed by atoms with Gasteiger partial charge in [-0.2, -0.15) is 0 Å². The van der Waals surface area contributed by atoms with Crippen molar-refractivity contribution in [3.05, 3.63) is 65.7 Å². The highest BCUT2D eigenvalue weighted by Crippen LogP contribution is 2.34. The summed E-state index contributed by atoms with van der Waals surface area (Å²) in [6.45, 7) is 14.7. The van der Waals surface area contributed by atoms with Crippen LogP contribution in [-0.2, 0) is 87.7 Å². The molecule has 23 atom stereocenters. The van der Waals surface area contributed by atoms with E-state index in [4.69, 9.17) is 34.5 Å². The van der Waals surface area contributed by atoms with Crippen LogP contribution in [0.15, 0.2) is 54.6 Å². The lowest BCUT2D eigenvalue weighted by molar-refractivity contribution is -0.307. The third-order valence-electron chi connectivity index (χ3n) is 20.2. The average molecular weight is 1530 g/mol. The molecular formula is C73H111N9O26. The molecule has 4 heterocycles. The lowest BCUT2D eigenvalue weighted by Gasteiger charge is -2.41. The molecule has 13 N–H and O–H groups in total. The number of aliphatic hydroxyl groups excluding tert-OH is 7. The number of likely N-dealkylation sites (N-methyl/N-ethyl adjacent to an activating group) is 2. The van der Waals surface area contributed by atoms with Gasteiger partial charge < -0.3 is 110 Å². The van der Waals surface area contributed by atoms with Crippen LogP contribution < -0.4 is 26.6 Å². The summed E-state index contributed by atoms with van der Waals surface area (Å²) in [6, 6.07) is 6.70. The van der Waals surface area contributed by atoms with Gasteiger partial charge in [-0.3, -0.25) is 53.0 Å². The number of hydrogen-bond acceptors (Lipinski definition) is 25. The van der Waals surface area contributed by atoms with Gasteiger partial charge in [-0.15, -0.1) is 0 Å². The van der Waals surface area contributed by atoms with Crippen LogP contribution in [-0.4, -0.2) is 296 Å². The number of ether oxygens (including phenoxy) is 7. The second-order valence-electron chi connectivity index (χ2n) is 29.0. The molecule has 0 bridgehead atoms. The van der Waals surface area contributed by atoms with E-state index in [1.165, 1.54) is 50.4 Å². The monoisotopic (exact) mass is 1530 g/mol. The van der Waals surface area contributed by atoms with E-state index in [1.54, 1.807) is 97.7 Å². The number of carbonyl (C=O) groups is 11. The normalized spacial score (nSPS) is 26.3. The van der Waals surface area contributed by atoms with Crippen molar-refractivity contribution in [1.82, 2.24) is 40.9 Å². The summed E-state index contributed by atoms with van der Waals surface area (Å²) >= 11 is 0. The van der Waals surface area contributed by atoms with Gasteiger partial charge in [0, 0.05) is 54.7 Å². The largest absolute Gasteiger partial charge is 0.479 e. The third kappa shape index (κ3) is 22.4. The Kier molecular flexibility index (Phi) is 32.9. The molecule has 4 aliphatic heterocycles. The topological polar surface area (TPSA) is 487 Å². The molecule has 0 aromatic heterocycles. The first-order chi connectivity index (χ1) is 51.3. The van der Waals surface area contributed by atoms with E-state index in [1.807, 2.05) is 13.8 Å². The van der Waals surface area contributed by atoms with Gasteiger partial charge in [-0.05, 0) is 66.7 Å². The van der Waals surface area contributed by atoms with Crippen molar-refractivity contribution >= 4 is 70.9 Å². The van der Waals surface area contributed by atoms with E-state index in [2.05, 4.69) is 26.6 Å². The highest BCUT2D eigenvalue weighted by atomic mass is 16.7. The number of amides is 10. The molecule has 2 aromatic carbocycles. The molecule has 10 amide bonds. The minimum absolute atomic E-state index is 0.131. The van der Waals surface area contributed by atoms with Gasteiger partial charge in [0.25, 0.3) is 0 Å². The second kappa shape index (κ2) is 40.7. The maximum atomic E-state index is 15.0. The van der Waals surface area contributed by atoms with Crippen molar-refractivity contribution in [3.63, 3.8) is 0 Å². The minimum atomic E-state index is -1.96. The van der Waals surface area contributed by atoms with Crippen LogP contribution in [0.2, 0.25) is 0 Å². The van der Waals surface area contributed by atoms with Crippen LogP contribution in [0.25, 0.3) is 0 Å². The molecule has 2 aromatic rings. The number of benzene rings is 2. The lowest BCUT2D eigenvalue weighted by Crippen LogP contribution is -2.61. The fourth-order valence-electron chi connectivity index (χ4n) is 13.8. The zero-order valence-corrected chi connectivity index (χ0v) is 63.5.